The van der Waals surface area contributed by atoms with Crippen LogP contribution in [0.25, 0.3) is 0 Å². The average Bonchev–Trinajstić information content (AvgIpc) is 3.05. The maximum absolute atomic E-state index is 10.9. The van der Waals surface area contributed by atoms with Gasteiger partial charge in [-0.25, -0.2) is 0 Å². The monoisotopic (exact) mass is 399 g/mol. The number of rotatable bonds is 6. The molecule has 2 aliphatic heterocycles. The molecule has 1 N–H and O–H groups in total. The van der Waals surface area contributed by atoms with Crippen LogP contribution in [-0.2, 0) is 26.1 Å². The van der Waals surface area contributed by atoms with E-state index in [2.05, 4.69) is 30.2 Å². The van der Waals surface area contributed by atoms with Crippen LogP contribution in [0.2, 0.25) is 0 Å². The van der Waals surface area contributed by atoms with Gasteiger partial charge in [0.2, 0.25) is 0 Å². The lowest BCUT2D eigenvalue weighted by molar-refractivity contribution is -0.141. The first-order chi connectivity index (χ1) is 14.0. The van der Waals surface area contributed by atoms with Gasteiger partial charge in [0.15, 0.2) is 11.5 Å². The van der Waals surface area contributed by atoms with Crippen molar-refractivity contribution in [1.29, 1.82) is 0 Å². The van der Waals surface area contributed by atoms with Gasteiger partial charge in [-0.15, -0.1) is 0 Å². The minimum atomic E-state index is -0.242. The van der Waals surface area contributed by atoms with E-state index in [0.29, 0.717) is 30.9 Å². The molecule has 2 heterocycles. The first-order valence-corrected chi connectivity index (χ1v) is 10.7. The van der Waals surface area contributed by atoms with Gasteiger partial charge < -0.3 is 24.2 Å². The largest absolute Gasteiger partial charge is 0.504 e. The summed E-state index contributed by atoms with van der Waals surface area (Å²) in [7, 11) is 2.22. The first-order valence-electron chi connectivity index (χ1n) is 10.7. The standard InChI is InChI=1S/C23H29NO5/c1-14(25)27-11-3-4-12-28-19-8-6-16-17-13-15-5-7-18(26)21-20(15)23(16,22(19)29-21)9-10-24(17)2/h5-8,16-17,19,22,26H,3-4,9-13H2,1-2H3/t16-,17+,19-,22-,23-/m0/s1. The third-order valence-corrected chi connectivity index (χ3v) is 7.28. The van der Waals surface area contributed by atoms with E-state index in [9.17, 15) is 9.90 Å². The third kappa shape index (κ3) is 2.80. The molecule has 1 aromatic rings. The van der Waals surface area contributed by atoms with Crippen LogP contribution in [0.1, 0.15) is 37.3 Å². The number of benzene rings is 1. The Hall–Kier alpha value is -2.05. The highest BCUT2D eigenvalue weighted by molar-refractivity contribution is 5.65. The Kier molecular flexibility index (Phi) is 4.59. The van der Waals surface area contributed by atoms with Gasteiger partial charge in [-0.2, -0.15) is 0 Å². The van der Waals surface area contributed by atoms with Gasteiger partial charge in [0.05, 0.1) is 6.61 Å². The third-order valence-electron chi connectivity index (χ3n) is 7.28. The molecule has 156 valence electrons. The normalized spacial score (nSPS) is 33.9. The quantitative estimate of drug-likeness (QED) is 0.451. The molecule has 1 fully saturated rings. The number of phenols is 1. The molecule has 6 heteroatoms. The van der Waals surface area contributed by atoms with Crippen molar-refractivity contribution in [2.45, 2.75) is 56.3 Å². The zero-order valence-electron chi connectivity index (χ0n) is 17.1. The molecule has 0 amide bonds. The van der Waals surface area contributed by atoms with Gasteiger partial charge in [-0.05, 0) is 50.9 Å². The van der Waals surface area contributed by atoms with Gasteiger partial charge in [-0.3, -0.25) is 4.79 Å². The number of unbranched alkanes of at least 4 members (excludes halogenated alkanes) is 1. The van der Waals surface area contributed by atoms with Gasteiger partial charge >= 0.3 is 5.97 Å². The Balaban J connectivity index is 1.39. The number of nitrogens with zero attached hydrogens (tertiary/aromatic N) is 1. The summed E-state index contributed by atoms with van der Waals surface area (Å²) in [4.78, 5) is 13.3. The molecule has 5 rings (SSSR count). The van der Waals surface area contributed by atoms with Crippen molar-refractivity contribution in [1.82, 2.24) is 4.90 Å². The van der Waals surface area contributed by atoms with Gasteiger partial charge in [0, 0.05) is 36.5 Å². The van der Waals surface area contributed by atoms with Gasteiger partial charge in [0.1, 0.15) is 12.2 Å². The number of carbonyl (C=O) groups is 1. The van der Waals surface area contributed by atoms with E-state index in [1.807, 2.05) is 0 Å². The van der Waals surface area contributed by atoms with Crippen molar-refractivity contribution < 1.29 is 24.1 Å². The molecule has 2 bridgehead atoms. The summed E-state index contributed by atoms with van der Waals surface area (Å²) < 4.78 is 17.7. The second-order valence-corrected chi connectivity index (χ2v) is 8.82. The van der Waals surface area contributed by atoms with Crippen LogP contribution in [0, 0.1) is 5.92 Å². The summed E-state index contributed by atoms with van der Waals surface area (Å²) in [6.07, 6.45) is 7.88. The zero-order valence-corrected chi connectivity index (χ0v) is 17.1. The van der Waals surface area contributed by atoms with E-state index in [0.717, 1.165) is 32.2 Å². The number of phenolic OH excluding ortho intramolecular Hbond substituents is 1. The van der Waals surface area contributed by atoms with E-state index in [-0.39, 0.29) is 29.3 Å². The van der Waals surface area contributed by atoms with Gasteiger partial charge in [0.25, 0.3) is 0 Å². The highest BCUT2D eigenvalue weighted by Gasteiger charge is 2.64. The molecule has 29 heavy (non-hydrogen) atoms. The molecule has 1 aromatic carbocycles. The van der Waals surface area contributed by atoms with Crippen LogP contribution in [0.4, 0.5) is 0 Å². The van der Waals surface area contributed by atoms with Crippen molar-refractivity contribution in [2.24, 2.45) is 5.92 Å². The Labute approximate surface area is 171 Å². The predicted octanol–water partition coefficient (Wildman–Crippen LogP) is 2.57. The fourth-order valence-electron chi connectivity index (χ4n) is 6.00. The lowest BCUT2D eigenvalue weighted by Gasteiger charge is -2.56. The molecule has 0 radical (unpaired) electrons. The molecule has 0 aromatic heterocycles. The highest BCUT2D eigenvalue weighted by atomic mass is 16.6. The molecule has 0 unspecified atom stereocenters. The lowest BCUT2D eigenvalue weighted by atomic mass is 9.53. The van der Waals surface area contributed by atoms with E-state index in [1.54, 1.807) is 6.07 Å². The molecule has 4 aliphatic rings. The number of carbonyl (C=O) groups excluding carboxylic acids is 1. The lowest BCUT2D eigenvalue weighted by Crippen LogP contribution is -2.65. The minimum absolute atomic E-state index is 0.107. The average molecular weight is 399 g/mol. The minimum Gasteiger partial charge on any atom is -0.504 e. The van der Waals surface area contributed by atoms with Crippen molar-refractivity contribution in [3.8, 4) is 11.5 Å². The molecule has 1 spiro atoms. The van der Waals surface area contributed by atoms with E-state index in [1.165, 1.54) is 18.1 Å². The Morgan fingerprint density at radius 2 is 2.14 bits per heavy atom. The van der Waals surface area contributed by atoms with Crippen LogP contribution in [-0.4, -0.2) is 61.0 Å². The Morgan fingerprint density at radius 3 is 2.97 bits per heavy atom. The summed E-state index contributed by atoms with van der Waals surface area (Å²) in [5.41, 5.74) is 2.42. The number of likely N-dealkylation sites (tertiary alicyclic amines) is 1. The summed E-state index contributed by atoms with van der Waals surface area (Å²) in [5.74, 6) is 1.05. The molecule has 0 saturated carbocycles. The fraction of sp³-hybridized carbons (Fsp3) is 0.609. The Bertz CT molecular complexity index is 852. The zero-order chi connectivity index (χ0) is 20.2. The maximum atomic E-state index is 10.9. The molecular weight excluding hydrogens is 370 g/mol. The summed E-state index contributed by atoms with van der Waals surface area (Å²) in [5, 5.41) is 10.5. The van der Waals surface area contributed by atoms with Crippen molar-refractivity contribution in [3.05, 3.63) is 35.4 Å². The van der Waals surface area contributed by atoms with Crippen LogP contribution in [0.5, 0.6) is 11.5 Å². The van der Waals surface area contributed by atoms with E-state index < -0.39 is 0 Å². The number of aromatic hydroxyl groups is 1. The molecule has 2 aliphatic carbocycles. The molecular formula is C23H29NO5. The fourth-order valence-corrected chi connectivity index (χ4v) is 6.00. The van der Waals surface area contributed by atoms with E-state index in [4.69, 9.17) is 14.2 Å². The molecule has 5 atom stereocenters. The summed E-state index contributed by atoms with van der Waals surface area (Å²) in [6, 6.07) is 4.31. The predicted molar refractivity (Wildman–Crippen MR) is 107 cm³/mol. The van der Waals surface area contributed by atoms with Crippen LogP contribution in [0.15, 0.2) is 24.3 Å². The highest BCUT2D eigenvalue weighted by Crippen LogP contribution is 2.62. The summed E-state index contributed by atoms with van der Waals surface area (Å²) in [6.45, 7) is 3.48. The first kappa shape index (κ1) is 18.9. The van der Waals surface area contributed by atoms with Crippen molar-refractivity contribution in [2.75, 3.05) is 26.8 Å². The number of ether oxygens (including phenoxy) is 3. The maximum Gasteiger partial charge on any atom is 0.302 e. The number of piperidine rings is 1. The van der Waals surface area contributed by atoms with Crippen molar-refractivity contribution in [3.63, 3.8) is 0 Å². The Morgan fingerprint density at radius 1 is 1.31 bits per heavy atom. The number of hydrogen-bond donors (Lipinski definition) is 1. The van der Waals surface area contributed by atoms with Crippen molar-refractivity contribution >= 4 is 5.97 Å². The SMILES string of the molecule is CC(=O)OCCCCO[C@H]1C=C[C@H]2[C@H]3Cc4ccc(O)c5c4[C@@]2(CCN3C)[C@H]1O5. The summed E-state index contributed by atoms with van der Waals surface area (Å²) >= 11 is 0. The second-order valence-electron chi connectivity index (χ2n) is 8.82. The smallest absolute Gasteiger partial charge is 0.302 e. The van der Waals surface area contributed by atoms with Crippen LogP contribution < -0.4 is 4.74 Å². The number of likely N-dealkylation sites (N-methyl/N-ethyl adjacent to an activating group) is 1. The second kappa shape index (κ2) is 7.03. The van der Waals surface area contributed by atoms with Gasteiger partial charge in [-0.1, -0.05) is 18.2 Å². The van der Waals surface area contributed by atoms with Crippen LogP contribution >= 0.6 is 0 Å². The molecule has 6 nitrogen and oxygen atoms in total. The van der Waals surface area contributed by atoms with E-state index >= 15 is 0 Å². The molecule has 1 saturated heterocycles. The topological polar surface area (TPSA) is 68.2 Å². The number of hydrogen-bond acceptors (Lipinski definition) is 6. The van der Waals surface area contributed by atoms with Crippen LogP contribution in [0.3, 0.4) is 0 Å². The number of esters is 1.